The third-order valence-corrected chi connectivity index (χ3v) is 9.86. The number of amides is 1. The predicted octanol–water partition coefficient (Wildman–Crippen LogP) is 4.14. The lowest BCUT2D eigenvalue weighted by atomic mass is 10.00. The van der Waals surface area contributed by atoms with E-state index in [1.807, 2.05) is 18.6 Å². The quantitative estimate of drug-likeness (QED) is 0.180. The first-order chi connectivity index (χ1) is 24.5. The van der Waals surface area contributed by atoms with E-state index in [-0.39, 0.29) is 22.8 Å². The minimum atomic E-state index is -4.40. The zero-order valence-electron chi connectivity index (χ0n) is 28.6. The van der Waals surface area contributed by atoms with Gasteiger partial charge in [-0.3, -0.25) is 18.9 Å². The van der Waals surface area contributed by atoms with E-state index in [9.17, 15) is 32.7 Å². The Bertz CT molecular complexity index is 2410. The van der Waals surface area contributed by atoms with E-state index in [1.54, 1.807) is 31.5 Å². The summed E-state index contributed by atoms with van der Waals surface area (Å²) >= 11 is 0. The molecule has 0 aliphatic carbocycles. The van der Waals surface area contributed by atoms with Gasteiger partial charge in [0.2, 0.25) is 0 Å². The van der Waals surface area contributed by atoms with Gasteiger partial charge in [-0.1, -0.05) is 50.2 Å². The van der Waals surface area contributed by atoms with Crippen LogP contribution in [0.25, 0.3) is 22.3 Å². The van der Waals surface area contributed by atoms with Crippen molar-refractivity contribution in [3.63, 3.8) is 0 Å². The number of anilines is 1. The van der Waals surface area contributed by atoms with Crippen molar-refractivity contribution < 1.29 is 31.9 Å². The number of nitrogens with zero attached hydrogens (tertiary/aromatic N) is 4. The molecule has 52 heavy (non-hydrogen) atoms. The third kappa shape index (κ3) is 7.66. The number of sulfonamides is 1. The molecule has 0 aliphatic rings. The Kier molecular flexibility index (Phi) is 10.5. The number of carboxylic acids is 1. The average Bonchev–Trinajstić information content (AvgIpc) is 3.11. The summed E-state index contributed by atoms with van der Waals surface area (Å²) in [6.45, 7) is 5.52. The molecule has 0 aliphatic heterocycles. The van der Waals surface area contributed by atoms with E-state index in [0.29, 0.717) is 45.9 Å². The van der Waals surface area contributed by atoms with Crippen molar-refractivity contribution in [3.8, 4) is 22.3 Å². The zero-order chi connectivity index (χ0) is 38.1. The SMILES string of the molecule is Cc1c(-c2ccc(C[C@H](NC(=O)c3cc(F)c(NS(=O)(=O)c4ccc(-c5cnc(C(C)C)nc5)cc4)cc3F)C(=O)O)cc2)c(=O)n(C)c(=O)n1C. The Labute approximate surface area is 296 Å². The second kappa shape index (κ2) is 14.7. The van der Waals surface area contributed by atoms with Gasteiger partial charge < -0.3 is 15.0 Å². The van der Waals surface area contributed by atoms with Crippen molar-refractivity contribution >= 4 is 27.6 Å². The molecular formula is C36H34F2N6O7S. The minimum absolute atomic E-state index is 0.129. The van der Waals surface area contributed by atoms with E-state index in [2.05, 4.69) is 15.3 Å². The van der Waals surface area contributed by atoms with Crippen molar-refractivity contribution in [2.24, 2.45) is 14.1 Å². The molecule has 1 atom stereocenters. The van der Waals surface area contributed by atoms with Crippen LogP contribution in [0.4, 0.5) is 14.5 Å². The van der Waals surface area contributed by atoms with Crippen LogP contribution in [0.2, 0.25) is 0 Å². The number of rotatable bonds is 11. The van der Waals surface area contributed by atoms with Crippen LogP contribution in [0.15, 0.2) is 87.5 Å². The lowest BCUT2D eigenvalue weighted by Gasteiger charge is -2.16. The minimum Gasteiger partial charge on any atom is -0.480 e. The van der Waals surface area contributed by atoms with E-state index in [0.717, 1.165) is 4.57 Å². The number of aromatic nitrogens is 4. The Balaban J connectivity index is 1.29. The molecule has 0 saturated carbocycles. The van der Waals surface area contributed by atoms with Gasteiger partial charge in [-0.25, -0.2) is 36.8 Å². The molecule has 2 aromatic heterocycles. The smallest absolute Gasteiger partial charge is 0.330 e. The molecule has 3 aromatic carbocycles. The van der Waals surface area contributed by atoms with Gasteiger partial charge in [-0.2, -0.15) is 0 Å². The first kappa shape index (κ1) is 37.2. The third-order valence-electron chi connectivity index (χ3n) is 8.47. The number of benzene rings is 3. The van der Waals surface area contributed by atoms with Gasteiger partial charge in [-0.05, 0) is 41.8 Å². The highest BCUT2D eigenvalue weighted by atomic mass is 32.2. The normalized spacial score (nSPS) is 12.1. The molecule has 0 bridgehead atoms. The Hall–Kier alpha value is -6.03. The molecule has 5 rings (SSSR count). The molecule has 270 valence electrons. The average molecular weight is 733 g/mol. The second-order valence-electron chi connectivity index (χ2n) is 12.4. The maximum Gasteiger partial charge on any atom is 0.330 e. The highest BCUT2D eigenvalue weighted by Gasteiger charge is 2.26. The standard InChI is InChI=1S/C36H34F2N6O7S/c1-19(2)32-39-17-24(18-40-32)22-10-12-25(13-11-22)52(50,51)42-29-16-27(37)26(15-28(29)38)33(45)41-30(35(47)48)14-21-6-8-23(9-7-21)31-20(3)43(4)36(49)44(5)34(31)46/h6-13,15-19,30,42H,14H2,1-5H3,(H,41,45)(H,47,48)/t30-/m0/s1. The number of carbonyl (C=O) groups is 2. The molecule has 16 heteroatoms. The monoisotopic (exact) mass is 732 g/mol. The fourth-order valence-corrected chi connectivity index (χ4v) is 6.43. The summed E-state index contributed by atoms with van der Waals surface area (Å²) in [6, 6.07) is 11.2. The first-order valence-electron chi connectivity index (χ1n) is 15.8. The summed E-state index contributed by atoms with van der Waals surface area (Å²) in [5.41, 5.74) is 0.264. The number of carbonyl (C=O) groups excluding carboxylic acids is 1. The Morgan fingerprint density at radius 2 is 1.46 bits per heavy atom. The van der Waals surface area contributed by atoms with E-state index < -0.39 is 62.1 Å². The van der Waals surface area contributed by atoms with Crippen LogP contribution in [0.3, 0.4) is 0 Å². The summed E-state index contributed by atoms with van der Waals surface area (Å²) in [4.78, 5) is 58.3. The Morgan fingerprint density at radius 1 is 0.865 bits per heavy atom. The molecule has 13 nitrogen and oxygen atoms in total. The lowest BCUT2D eigenvalue weighted by molar-refractivity contribution is -0.139. The lowest BCUT2D eigenvalue weighted by Crippen LogP contribution is -2.42. The number of halogens is 2. The number of hydrogen-bond donors (Lipinski definition) is 3. The van der Waals surface area contributed by atoms with Crippen molar-refractivity contribution in [1.29, 1.82) is 0 Å². The number of hydrogen-bond acceptors (Lipinski definition) is 8. The molecule has 3 N–H and O–H groups in total. The van der Waals surface area contributed by atoms with Crippen molar-refractivity contribution in [2.75, 3.05) is 4.72 Å². The molecule has 0 spiro atoms. The van der Waals surface area contributed by atoms with Crippen molar-refractivity contribution in [2.45, 2.75) is 44.0 Å². The van der Waals surface area contributed by atoms with E-state index in [4.69, 9.17) is 0 Å². The van der Waals surface area contributed by atoms with Gasteiger partial charge >= 0.3 is 11.7 Å². The fraction of sp³-hybridized carbons (Fsp3) is 0.222. The number of nitrogens with one attached hydrogen (secondary N) is 2. The van der Waals surface area contributed by atoms with Crippen LogP contribution in [0.5, 0.6) is 0 Å². The summed E-state index contributed by atoms with van der Waals surface area (Å²) < 4.78 is 60.6. The van der Waals surface area contributed by atoms with Gasteiger partial charge in [0.05, 0.1) is 21.7 Å². The Morgan fingerprint density at radius 3 is 2.04 bits per heavy atom. The van der Waals surface area contributed by atoms with Crippen LogP contribution < -0.4 is 21.3 Å². The van der Waals surface area contributed by atoms with Crippen molar-refractivity contribution in [3.05, 3.63) is 128 Å². The van der Waals surface area contributed by atoms with Crippen molar-refractivity contribution in [1.82, 2.24) is 24.4 Å². The number of carboxylic acid groups (broad SMARTS) is 1. The van der Waals surface area contributed by atoms with Gasteiger partial charge in [0, 0.05) is 56.2 Å². The second-order valence-corrected chi connectivity index (χ2v) is 14.0. The molecule has 0 unspecified atom stereocenters. The van der Waals surface area contributed by atoms with Gasteiger partial charge in [0.1, 0.15) is 23.5 Å². The van der Waals surface area contributed by atoms with Crippen LogP contribution in [0.1, 0.15) is 47.2 Å². The highest BCUT2D eigenvalue weighted by Crippen LogP contribution is 2.26. The molecule has 5 aromatic rings. The van der Waals surface area contributed by atoms with E-state index in [1.165, 1.54) is 55.1 Å². The largest absolute Gasteiger partial charge is 0.480 e. The summed E-state index contributed by atoms with van der Waals surface area (Å²) in [7, 11) is -1.52. The summed E-state index contributed by atoms with van der Waals surface area (Å²) in [6.07, 6.45) is 2.96. The maximum absolute atomic E-state index is 15.1. The molecule has 1 amide bonds. The topological polar surface area (TPSA) is 182 Å². The fourth-order valence-electron chi connectivity index (χ4n) is 5.37. The van der Waals surface area contributed by atoms with Gasteiger partial charge in [0.25, 0.3) is 21.5 Å². The number of aliphatic carboxylic acids is 1. The summed E-state index contributed by atoms with van der Waals surface area (Å²) in [5.74, 6) is -4.52. The van der Waals surface area contributed by atoms with Crippen LogP contribution in [-0.4, -0.2) is 50.5 Å². The molecule has 0 radical (unpaired) electrons. The highest BCUT2D eigenvalue weighted by molar-refractivity contribution is 7.92. The van der Waals surface area contributed by atoms with E-state index >= 15 is 8.78 Å². The first-order valence-corrected chi connectivity index (χ1v) is 17.3. The maximum atomic E-state index is 15.1. The predicted molar refractivity (Wildman–Crippen MR) is 188 cm³/mol. The van der Waals surface area contributed by atoms with Gasteiger partial charge in [0.15, 0.2) is 0 Å². The van der Waals surface area contributed by atoms with Crippen LogP contribution in [-0.2, 0) is 35.3 Å². The van der Waals surface area contributed by atoms with Crippen LogP contribution in [0, 0.1) is 18.6 Å². The molecular weight excluding hydrogens is 698 g/mol. The molecule has 0 fully saturated rings. The van der Waals surface area contributed by atoms with Gasteiger partial charge in [-0.15, -0.1) is 0 Å². The molecule has 2 heterocycles. The van der Waals surface area contributed by atoms with Crippen LogP contribution >= 0.6 is 0 Å². The molecule has 0 saturated heterocycles. The zero-order valence-corrected chi connectivity index (χ0v) is 29.5. The summed E-state index contributed by atoms with van der Waals surface area (Å²) in [5, 5.41) is 12.0.